The van der Waals surface area contributed by atoms with Crippen molar-refractivity contribution >= 4 is 0 Å². The average molecular weight is 159 g/mol. The van der Waals surface area contributed by atoms with Crippen LogP contribution in [-0.2, 0) is 9.47 Å². The van der Waals surface area contributed by atoms with Gasteiger partial charge in [-0.3, -0.25) is 0 Å². The van der Waals surface area contributed by atoms with Crippen LogP contribution in [0.5, 0.6) is 0 Å². The Morgan fingerprint density at radius 2 is 2.36 bits per heavy atom. The van der Waals surface area contributed by atoms with E-state index in [2.05, 4.69) is 13.8 Å². The summed E-state index contributed by atoms with van der Waals surface area (Å²) in [5.41, 5.74) is 5.43. The topological polar surface area (TPSA) is 44.5 Å². The summed E-state index contributed by atoms with van der Waals surface area (Å²) in [6.07, 6.45) is 1.18. The molecule has 0 aromatic heterocycles. The summed E-state index contributed by atoms with van der Waals surface area (Å²) < 4.78 is 10.9. The minimum absolute atomic E-state index is 0.0199. The summed E-state index contributed by atoms with van der Waals surface area (Å²) in [7, 11) is 0. The molecule has 3 atom stereocenters. The second kappa shape index (κ2) is 4.04. The normalized spacial score (nSPS) is 34.1. The molecule has 3 unspecified atom stereocenters. The number of nitrogens with two attached hydrogens (primary N) is 1. The maximum absolute atomic E-state index is 5.52. The highest BCUT2D eigenvalue weighted by Crippen LogP contribution is 2.20. The smallest absolute Gasteiger partial charge is 0.160 e. The van der Waals surface area contributed by atoms with Gasteiger partial charge in [0.2, 0.25) is 0 Å². The van der Waals surface area contributed by atoms with Crippen molar-refractivity contribution in [3.63, 3.8) is 0 Å². The quantitative estimate of drug-likeness (QED) is 0.660. The largest absolute Gasteiger partial charge is 0.350 e. The zero-order valence-electron chi connectivity index (χ0n) is 7.25. The van der Waals surface area contributed by atoms with Gasteiger partial charge in [-0.2, -0.15) is 0 Å². The van der Waals surface area contributed by atoms with Crippen LogP contribution in [-0.4, -0.2) is 25.5 Å². The first kappa shape index (κ1) is 8.97. The lowest BCUT2D eigenvalue weighted by Crippen LogP contribution is -2.24. The Morgan fingerprint density at radius 1 is 1.64 bits per heavy atom. The highest BCUT2D eigenvalue weighted by Gasteiger charge is 2.28. The molecule has 1 aliphatic rings. The Bertz CT molecular complexity index is 119. The van der Waals surface area contributed by atoms with E-state index >= 15 is 0 Å². The van der Waals surface area contributed by atoms with Gasteiger partial charge in [0.1, 0.15) is 0 Å². The van der Waals surface area contributed by atoms with E-state index in [1.165, 1.54) is 0 Å². The van der Waals surface area contributed by atoms with Gasteiger partial charge in [-0.1, -0.05) is 13.8 Å². The molecule has 0 amide bonds. The molecular formula is C8H17NO2. The standard InChI is InChI=1S/C8H17NO2/c1-3-6(2)8-10-5-7(4-9)11-8/h6-8H,3-5,9H2,1-2H3. The maximum Gasteiger partial charge on any atom is 0.160 e. The van der Waals surface area contributed by atoms with Crippen molar-refractivity contribution < 1.29 is 9.47 Å². The van der Waals surface area contributed by atoms with Gasteiger partial charge in [0.15, 0.2) is 6.29 Å². The summed E-state index contributed by atoms with van der Waals surface area (Å²) in [5, 5.41) is 0. The van der Waals surface area contributed by atoms with Gasteiger partial charge < -0.3 is 15.2 Å². The molecule has 3 heteroatoms. The van der Waals surface area contributed by atoms with Crippen LogP contribution in [0, 0.1) is 5.92 Å². The van der Waals surface area contributed by atoms with Crippen molar-refractivity contribution in [2.24, 2.45) is 11.7 Å². The van der Waals surface area contributed by atoms with Crippen molar-refractivity contribution in [1.82, 2.24) is 0 Å². The van der Waals surface area contributed by atoms with E-state index in [1.54, 1.807) is 0 Å². The van der Waals surface area contributed by atoms with E-state index in [9.17, 15) is 0 Å². The van der Waals surface area contributed by atoms with Crippen LogP contribution in [0.3, 0.4) is 0 Å². The number of ether oxygens (including phenoxy) is 2. The van der Waals surface area contributed by atoms with Crippen molar-refractivity contribution in [2.45, 2.75) is 32.7 Å². The zero-order valence-corrected chi connectivity index (χ0v) is 7.25. The van der Waals surface area contributed by atoms with E-state index in [4.69, 9.17) is 15.2 Å². The molecule has 3 nitrogen and oxygen atoms in total. The molecule has 11 heavy (non-hydrogen) atoms. The Labute approximate surface area is 67.9 Å². The van der Waals surface area contributed by atoms with Crippen LogP contribution in [0.25, 0.3) is 0 Å². The average Bonchev–Trinajstić information content (AvgIpc) is 2.50. The Balaban J connectivity index is 2.29. The van der Waals surface area contributed by atoms with Crippen molar-refractivity contribution in [3.8, 4) is 0 Å². The minimum atomic E-state index is -0.0199. The van der Waals surface area contributed by atoms with E-state index in [0.717, 1.165) is 6.42 Å². The molecule has 1 heterocycles. The van der Waals surface area contributed by atoms with E-state index in [0.29, 0.717) is 19.1 Å². The van der Waals surface area contributed by atoms with Gasteiger partial charge in [-0.05, 0) is 6.42 Å². The third-order valence-electron chi connectivity index (χ3n) is 2.14. The number of hydrogen-bond acceptors (Lipinski definition) is 3. The van der Waals surface area contributed by atoms with Crippen molar-refractivity contribution in [1.29, 1.82) is 0 Å². The molecule has 1 rings (SSSR count). The molecule has 0 radical (unpaired) electrons. The first-order valence-electron chi connectivity index (χ1n) is 4.25. The second-order valence-electron chi connectivity index (χ2n) is 3.08. The summed E-state index contributed by atoms with van der Waals surface area (Å²) in [4.78, 5) is 0. The molecule has 0 aromatic rings. The fraction of sp³-hybridized carbons (Fsp3) is 1.00. The SMILES string of the molecule is CCC(C)C1OCC(CN)O1. The molecule has 66 valence electrons. The third-order valence-corrected chi connectivity index (χ3v) is 2.14. The predicted octanol–water partition coefficient (Wildman–Crippen LogP) is 0.733. The molecule has 1 aliphatic heterocycles. The lowest BCUT2D eigenvalue weighted by atomic mass is 10.1. The van der Waals surface area contributed by atoms with Crippen LogP contribution in [0.1, 0.15) is 20.3 Å². The Morgan fingerprint density at radius 3 is 2.82 bits per heavy atom. The number of hydrogen-bond donors (Lipinski definition) is 1. The van der Waals surface area contributed by atoms with Crippen molar-refractivity contribution in [3.05, 3.63) is 0 Å². The van der Waals surface area contributed by atoms with Crippen LogP contribution in [0.15, 0.2) is 0 Å². The summed E-state index contributed by atoms with van der Waals surface area (Å²) in [5.74, 6) is 0.478. The van der Waals surface area contributed by atoms with Crippen LogP contribution < -0.4 is 5.73 Å². The van der Waals surface area contributed by atoms with Gasteiger partial charge in [0.25, 0.3) is 0 Å². The minimum Gasteiger partial charge on any atom is -0.350 e. The fourth-order valence-corrected chi connectivity index (χ4v) is 1.08. The molecule has 2 N–H and O–H groups in total. The first-order chi connectivity index (χ1) is 5.27. The Hall–Kier alpha value is -0.120. The van der Waals surface area contributed by atoms with Gasteiger partial charge in [0, 0.05) is 12.5 Å². The highest BCUT2D eigenvalue weighted by molar-refractivity contribution is 4.68. The molecule has 0 bridgehead atoms. The lowest BCUT2D eigenvalue weighted by molar-refractivity contribution is -0.0911. The molecule has 0 saturated carbocycles. The summed E-state index contributed by atoms with van der Waals surface area (Å²) in [6, 6.07) is 0. The van der Waals surface area contributed by atoms with E-state index in [1.807, 2.05) is 0 Å². The lowest BCUT2D eigenvalue weighted by Gasteiger charge is -2.16. The summed E-state index contributed by atoms with van der Waals surface area (Å²) in [6.45, 7) is 5.48. The van der Waals surface area contributed by atoms with E-state index in [-0.39, 0.29) is 12.4 Å². The summed E-state index contributed by atoms with van der Waals surface area (Å²) >= 11 is 0. The molecule has 0 spiro atoms. The van der Waals surface area contributed by atoms with Crippen LogP contribution >= 0.6 is 0 Å². The monoisotopic (exact) mass is 159 g/mol. The number of rotatable bonds is 3. The first-order valence-corrected chi connectivity index (χ1v) is 4.25. The molecule has 1 fully saturated rings. The Kier molecular flexibility index (Phi) is 3.30. The molecular weight excluding hydrogens is 142 g/mol. The van der Waals surface area contributed by atoms with Gasteiger partial charge in [0.05, 0.1) is 12.7 Å². The van der Waals surface area contributed by atoms with Gasteiger partial charge >= 0.3 is 0 Å². The second-order valence-corrected chi connectivity index (χ2v) is 3.08. The van der Waals surface area contributed by atoms with Gasteiger partial charge in [-0.15, -0.1) is 0 Å². The predicted molar refractivity (Wildman–Crippen MR) is 43.1 cm³/mol. The maximum atomic E-state index is 5.52. The van der Waals surface area contributed by atoms with Crippen LogP contribution in [0.4, 0.5) is 0 Å². The highest BCUT2D eigenvalue weighted by atomic mass is 16.7. The zero-order chi connectivity index (χ0) is 8.27. The fourth-order valence-electron chi connectivity index (χ4n) is 1.08. The van der Waals surface area contributed by atoms with E-state index < -0.39 is 0 Å². The third kappa shape index (κ3) is 2.15. The molecule has 1 saturated heterocycles. The van der Waals surface area contributed by atoms with Crippen LogP contribution in [0.2, 0.25) is 0 Å². The van der Waals surface area contributed by atoms with Crippen molar-refractivity contribution in [2.75, 3.05) is 13.2 Å². The molecule has 0 aliphatic carbocycles. The molecule has 0 aromatic carbocycles. The van der Waals surface area contributed by atoms with Gasteiger partial charge in [-0.25, -0.2) is 0 Å².